The number of carboxylic acid groups (broad SMARTS) is 1. The fourth-order valence-corrected chi connectivity index (χ4v) is 2.37. The zero-order valence-electron chi connectivity index (χ0n) is 12.9. The zero-order chi connectivity index (χ0) is 17.1. The van der Waals surface area contributed by atoms with Crippen molar-refractivity contribution in [2.45, 2.75) is 13.5 Å². The summed E-state index contributed by atoms with van der Waals surface area (Å²) in [6.45, 7) is 2.00. The predicted octanol–water partition coefficient (Wildman–Crippen LogP) is 3.80. The molecule has 0 aliphatic carbocycles. The number of H-pyrrole nitrogens is 1. The van der Waals surface area contributed by atoms with Crippen LogP contribution in [0.15, 0.2) is 48.5 Å². The van der Waals surface area contributed by atoms with Gasteiger partial charge in [0.25, 0.3) is 0 Å². The van der Waals surface area contributed by atoms with Crippen LogP contribution in [0.5, 0.6) is 5.75 Å². The van der Waals surface area contributed by atoms with Crippen molar-refractivity contribution in [3.05, 3.63) is 71.2 Å². The molecule has 0 saturated heterocycles. The average Bonchev–Trinajstić information content (AvgIpc) is 3.05. The number of aromatic nitrogens is 2. The maximum Gasteiger partial charge on any atom is 0.353 e. The number of aromatic amines is 1. The monoisotopic (exact) mass is 326 g/mol. The average molecular weight is 326 g/mol. The first-order chi connectivity index (χ1) is 11.5. The summed E-state index contributed by atoms with van der Waals surface area (Å²) < 4.78 is 20.0. The smallest absolute Gasteiger partial charge is 0.353 e. The van der Waals surface area contributed by atoms with Gasteiger partial charge in [0, 0.05) is 5.56 Å². The SMILES string of the molecule is Cc1cc(-c2cc(C(=O)O)[nH]n2)cc(F)c1OCc1ccccc1. The Labute approximate surface area is 137 Å². The molecule has 0 amide bonds. The summed E-state index contributed by atoms with van der Waals surface area (Å²) in [5.41, 5.74) is 2.36. The standard InChI is InChI=1S/C18H15FN2O3/c1-11-7-13(15-9-16(18(22)23)21-20-15)8-14(19)17(11)24-10-12-5-3-2-4-6-12/h2-9H,10H2,1H3,(H,20,21)(H,22,23). The Kier molecular flexibility index (Phi) is 4.29. The molecule has 0 aliphatic rings. The number of hydrogen-bond donors (Lipinski definition) is 2. The van der Waals surface area contributed by atoms with Crippen molar-refractivity contribution in [2.75, 3.05) is 0 Å². The highest BCUT2D eigenvalue weighted by atomic mass is 19.1. The molecule has 6 heteroatoms. The molecule has 122 valence electrons. The molecule has 0 bridgehead atoms. The normalized spacial score (nSPS) is 10.6. The summed E-state index contributed by atoms with van der Waals surface area (Å²) in [5.74, 6) is -1.45. The van der Waals surface area contributed by atoms with E-state index in [4.69, 9.17) is 9.84 Å². The highest BCUT2D eigenvalue weighted by Gasteiger charge is 2.14. The lowest BCUT2D eigenvalue weighted by Gasteiger charge is -2.11. The van der Waals surface area contributed by atoms with Gasteiger partial charge >= 0.3 is 5.97 Å². The Morgan fingerprint density at radius 3 is 2.62 bits per heavy atom. The van der Waals surface area contributed by atoms with Gasteiger partial charge in [0.2, 0.25) is 0 Å². The molecule has 24 heavy (non-hydrogen) atoms. The van der Waals surface area contributed by atoms with E-state index < -0.39 is 11.8 Å². The van der Waals surface area contributed by atoms with Crippen LogP contribution in [0.1, 0.15) is 21.6 Å². The molecule has 3 aromatic rings. The fourth-order valence-electron chi connectivity index (χ4n) is 2.37. The molecule has 0 radical (unpaired) electrons. The van der Waals surface area contributed by atoms with E-state index in [2.05, 4.69) is 10.2 Å². The number of hydrogen-bond acceptors (Lipinski definition) is 3. The van der Waals surface area contributed by atoms with E-state index >= 15 is 0 Å². The topological polar surface area (TPSA) is 75.2 Å². The van der Waals surface area contributed by atoms with Crippen LogP contribution in [-0.4, -0.2) is 21.3 Å². The Bertz CT molecular complexity index is 852. The summed E-state index contributed by atoms with van der Waals surface area (Å²) in [6.07, 6.45) is 0. The van der Waals surface area contributed by atoms with E-state index in [-0.39, 0.29) is 18.1 Å². The molecule has 3 rings (SSSR count). The van der Waals surface area contributed by atoms with Crippen LogP contribution >= 0.6 is 0 Å². The van der Waals surface area contributed by atoms with Gasteiger partial charge in [0.05, 0.1) is 5.69 Å². The molecule has 0 spiro atoms. The van der Waals surface area contributed by atoms with Crippen LogP contribution < -0.4 is 4.74 Å². The molecule has 0 aliphatic heterocycles. The van der Waals surface area contributed by atoms with Gasteiger partial charge in [-0.3, -0.25) is 5.10 Å². The van der Waals surface area contributed by atoms with Crippen LogP contribution in [-0.2, 0) is 6.61 Å². The van der Waals surface area contributed by atoms with Gasteiger partial charge in [0.1, 0.15) is 12.3 Å². The number of aryl methyl sites for hydroxylation is 1. The Morgan fingerprint density at radius 2 is 2.00 bits per heavy atom. The first kappa shape index (κ1) is 15.7. The van der Waals surface area contributed by atoms with Gasteiger partial charge in [0.15, 0.2) is 11.6 Å². The third-order valence-electron chi connectivity index (χ3n) is 3.56. The lowest BCUT2D eigenvalue weighted by atomic mass is 10.1. The Balaban J connectivity index is 1.84. The number of nitrogens with zero attached hydrogens (tertiary/aromatic N) is 1. The Morgan fingerprint density at radius 1 is 1.25 bits per heavy atom. The predicted molar refractivity (Wildman–Crippen MR) is 86.5 cm³/mol. The summed E-state index contributed by atoms with van der Waals surface area (Å²) in [5, 5.41) is 15.2. The minimum Gasteiger partial charge on any atom is -0.486 e. The number of halogens is 1. The molecule has 2 aromatic carbocycles. The molecule has 1 heterocycles. The van der Waals surface area contributed by atoms with Gasteiger partial charge < -0.3 is 9.84 Å². The van der Waals surface area contributed by atoms with Crippen molar-refractivity contribution in [1.82, 2.24) is 10.2 Å². The van der Waals surface area contributed by atoms with Crippen molar-refractivity contribution in [3.63, 3.8) is 0 Å². The van der Waals surface area contributed by atoms with Gasteiger partial charge in [-0.1, -0.05) is 30.3 Å². The van der Waals surface area contributed by atoms with E-state index in [9.17, 15) is 9.18 Å². The van der Waals surface area contributed by atoms with E-state index in [1.807, 2.05) is 30.3 Å². The van der Waals surface area contributed by atoms with Gasteiger partial charge in [-0.05, 0) is 36.2 Å². The first-order valence-electron chi connectivity index (χ1n) is 7.30. The third-order valence-corrected chi connectivity index (χ3v) is 3.56. The molecule has 2 N–H and O–H groups in total. The Hall–Kier alpha value is -3.15. The second-order valence-electron chi connectivity index (χ2n) is 5.35. The number of rotatable bonds is 5. The fraction of sp³-hybridized carbons (Fsp3) is 0.111. The quantitative estimate of drug-likeness (QED) is 0.748. The van der Waals surface area contributed by atoms with E-state index in [0.29, 0.717) is 16.8 Å². The van der Waals surface area contributed by atoms with Crippen LogP contribution in [0.2, 0.25) is 0 Å². The van der Waals surface area contributed by atoms with Crippen molar-refractivity contribution < 1.29 is 19.0 Å². The summed E-state index contributed by atoms with van der Waals surface area (Å²) in [4.78, 5) is 10.9. The van der Waals surface area contributed by atoms with Crippen molar-refractivity contribution in [2.24, 2.45) is 0 Å². The number of carboxylic acids is 1. The second kappa shape index (κ2) is 6.54. The lowest BCUT2D eigenvalue weighted by Crippen LogP contribution is -2.00. The molecule has 5 nitrogen and oxygen atoms in total. The second-order valence-corrected chi connectivity index (χ2v) is 5.35. The summed E-state index contributed by atoms with van der Waals surface area (Å²) >= 11 is 0. The highest BCUT2D eigenvalue weighted by Crippen LogP contribution is 2.29. The lowest BCUT2D eigenvalue weighted by molar-refractivity contribution is 0.0690. The van der Waals surface area contributed by atoms with E-state index in [1.54, 1.807) is 13.0 Å². The van der Waals surface area contributed by atoms with Crippen molar-refractivity contribution >= 4 is 5.97 Å². The van der Waals surface area contributed by atoms with E-state index in [0.717, 1.165) is 5.56 Å². The number of ether oxygens (including phenoxy) is 1. The van der Waals surface area contributed by atoms with Crippen LogP contribution in [0, 0.1) is 12.7 Å². The number of nitrogens with one attached hydrogen (secondary N) is 1. The van der Waals surface area contributed by atoms with Crippen LogP contribution in [0.4, 0.5) is 4.39 Å². The molecule has 0 saturated carbocycles. The number of benzene rings is 2. The van der Waals surface area contributed by atoms with Crippen molar-refractivity contribution in [1.29, 1.82) is 0 Å². The zero-order valence-corrected chi connectivity index (χ0v) is 12.9. The van der Waals surface area contributed by atoms with Gasteiger partial charge in [-0.2, -0.15) is 5.10 Å². The van der Waals surface area contributed by atoms with Crippen molar-refractivity contribution in [3.8, 4) is 17.0 Å². The van der Waals surface area contributed by atoms with Gasteiger partial charge in [-0.15, -0.1) is 0 Å². The molecular formula is C18H15FN2O3. The van der Waals surface area contributed by atoms with E-state index in [1.165, 1.54) is 12.1 Å². The van der Waals surface area contributed by atoms with Gasteiger partial charge in [-0.25, -0.2) is 9.18 Å². The maximum atomic E-state index is 14.4. The summed E-state index contributed by atoms with van der Waals surface area (Å²) in [6, 6.07) is 13.9. The largest absolute Gasteiger partial charge is 0.486 e. The molecule has 0 unspecified atom stereocenters. The minimum absolute atomic E-state index is 0.0486. The number of aromatic carboxylic acids is 1. The number of carbonyl (C=O) groups is 1. The van der Waals surface area contributed by atoms with Crippen LogP contribution in [0.3, 0.4) is 0 Å². The molecule has 1 aromatic heterocycles. The highest BCUT2D eigenvalue weighted by molar-refractivity contribution is 5.86. The van der Waals surface area contributed by atoms with Crippen LogP contribution in [0.25, 0.3) is 11.3 Å². The first-order valence-corrected chi connectivity index (χ1v) is 7.30. The summed E-state index contributed by atoms with van der Waals surface area (Å²) in [7, 11) is 0. The third kappa shape index (κ3) is 3.27. The molecule has 0 fully saturated rings. The minimum atomic E-state index is -1.12. The molecule has 0 atom stereocenters. The molecular weight excluding hydrogens is 311 g/mol. The maximum absolute atomic E-state index is 14.4.